The summed E-state index contributed by atoms with van der Waals surface area (Å²) >= 11 is 2.85. The summed E-state index contributed by atoms with van der Waals surface area (Å²) in [6, 6.07) is 15.3. The summed E-state index contributed by atoms with van der Waals surface area (Å²) < 4.78 is 11.7. The zero-order valence-electron chi connectivity index (χ0n) is 17.3. The first kappa shape index (κ1) is 21.9. The van der Waals surface area contributed by atoms with Crippen molar-refractivity contribution in [3.8, 4) is 11.5 Å². The van der Waals surface area contributed by atoms with Gasteiger partial charge in [0.2, 0.25) is 5.17 Å². The van der Waals surface area contributed by atoms with Gasteiger partial charge in [0.05, 0.1) is 12.7 Å². The highest BCUT2D eigenvalue weighted by Gasteiger charge is 2.35. The fraction of sp³-hybridized carbons (Fsp3) is 0.130. The number of hydrogen-bond donors (Lipinski definition) is 1. The van der Waals surface area contributed by atoms with Crippen LogP contribution in [0.15, 0.2) is 76.9 Å². The topological polar surface area (TPSA) is 87.3 Å². The Hall–Kier alpha value is -3.30. The molecule has 0 aromatic heterocycles. The minimum Gasteiger partial charge on any atom is -0.493 e. The van der Waals surface area contributed by atoms with Crippen molar-refractivity contribution in [1.29, 1.82) is 5.41 Å². The third kappa shape index (κ3) is 4.79. The molecule has 2 aliphatic rings. The molecule has 2 heterocycles. The first-order chi connectivity index (χ1) is 15.6. The van der Waals surface area contributed by atoms with E-state index in [0.29, 0.717) is 28.8 Å². The summed E-state index contributed by atoms with van der Waals surface area (Å²) in [6.45, 7) is 3.99. The van der Waals surface area contributed by atoms with Crippen LogP contribution in [0.5, 0.6) is 11.5 Å². The number of nitrogens with one attached hydrogen (secondary N) is 1. The predicted octanol–water partition coefficient (Wildman–Crippen LogP) is 4.77. The molecule has 0 fully saturated rings. The van der Waals surface area contributed by atoms with Crippen molar-refractivity contribution in [3.63, 3.8) is 0 Å². The molecular weight excluding hydrogens is 444 g/mol. The van der Waals surface area contributed by atoms with Crippen LogP contribution in [0.2, 0.25) is 0 Å². The number of nitrogens with zero attached hydrogens (tertiary/aromatic N) is 3. The molecule has 1 N–H and O–H groups in total. The number of benzene rings is 2. The molecule has 0 radical (unpaired) electrons. The lowest BCUT2D eigenvalue weighted by Gasteiger charge is -2.20. The molecule has 2 aromatic rings. The van der Waals surface area contributed by atoms with E-state index in [-0.39, 0.29) is 11.4 Å². The second-order valence-electron chi connectivity index (χ2n) is 6.67. The Labute approximate surface area is 194 Å². The molecular formula is C23H20N4O3S2. The molecule has 7 nitrogen and oxygen atoms in total. The van der Waals surface area contributed by atoms with Gasteiger partial charge in [0, 0.05) is 5.75 Å². The molecule has 162 valence electrons. The second-order valence-corrected chi connectivity index (χ2v) is 8.85. The quantitative estimate of drug-likeness (QED) is 0.469. The van der Waals surface area contributed by atoms with Gasteiger partial charge in [-0.15, -0.1) is 5.10 Å². The fourth-order valence-corrected chi connectivity index (χ4v) is 4.84. The third-order valence-electron chi connectivity index (χ3n) is 4.50. The number of ether oxygens (including phenoxy) is 2. The highest BCUT2D eigenvalue weighted by Crippen LogP contribution is 2.34. The maximum Gasteiger partial charge on any atom is 0.283 e. The molecule has 0 atom stereocenters. The summed E-state index contributed by atoms with van der Waals surface area (Å²) in [5, 5.41) is 14.8. The number of carbonyl (C=O) groups excluding carboxylic acids is 1. The first-order valence-electron chi connectivity index (χ1n) is 9.67. The van der Waals surface area contributed by atoms with E-state index >= 15 is 0 Å². The average molecular weight is 465 g/mol. The first-order valence-corrected chi connectivity index (χ1v) is 11.5. The van der Waals surface area contributed by atoms with Crippen molar-refractivity contribution in [2.45, 2.75) is 5.75 Å². The number of hydrazone groups is 1. The number of fused-ring (bicyclic) bond motifs is 1. The standard InChI is InChI=1S/C23H20N4O3S2/c1-3-11-30-18-10-9-16(13-19(18)29-2)12-17-20(24)27-22(25-21(17)28)32-23(26-27)31-14-15-7-5-4-6-8-15/h3-10,12-13,24H,1,11,14H2,2H3/b17-12-,24-20?. The van der Waals surface area contributed by atoms with Gasteiger partial charge in [-0.05, 0) is 41.1 Å². The van der Waals surface area contributed by atoms with Gasteiger partial charge >= 0.3 is 0 Å². The minimum absolute atomic E-state index is 0.00578. The molecule has 4 rings (SSSR count). The second kappa shape index (κ2) is 9.88. The number of aliphatic imine (C=N–C) groups is 1. The molecule has 0 unspecified atom stereocenters. The average Bonchev–Trinajstić information content (AvgIpc) is 3.23. The fourth-order valence-electron chi connectivity index (χ4n) is 2.96. The molecule has 9 heteroatoms. The van der Waals surface area contributed by atoms with Gasteiger partial charge < -0.3 is 9.47 Å². The van der Waals surface area contributed by atoms with Crippen molar-refractivity contribution in [2.75, 3.05) is 13.7 Å². The smallest absolute Gasteiger partial charge is 0.283 e. The Morgan fingerprint density at radius 3 is 2.78 bits per heavy atom. The Morgan fingerprint density at radius 2 is 2.03 bits per heavy atom. The lowest BCUT2D eigenvalue weighted by Crippen LogP contribution is -2.35. The predicted molar refractivity (Wildman–Crippen MR) is 131 cm³/mol. The molecule has 0 aliphatic carbocycles. The summed E-state index contributed by atoms with van der Waals surface area (Å²) in [7, 11) is 1.54. The molecule has 2 aromatic carbocycles. The van der Waals surface area contributed by atoms with Crippen LogP contribution in [0.1, 0.15) is 11.1 Å². The summed E-state index contributed by atoms with van der Waals surface area (Å²) in [5.74, 6) is 1.37. The van der Waals surface area contributed by atoms with Crippen molar-refractivity contribution in [2.24, 2.45) is 10.1 Å². The van der Waals surface area contributed by atoms with Crippen molar-refractivity contribution < 1.29 is 14.3 Å². The molecule has 1 amide bonds. The van der Waals surface area contributed by atoms with Crippen LogP contribution in [0.4, 0.5) is 0 Å². The molecule has 2 aliphatic heterocycles. The lowest BCUT2D eigenvalue weighted by atomic mass is 10.1. The Bertz CT molecular complexity index is 1160. The lowest BCUT2D eigenvalue weighted by molar-refractivity contribution is -0.114. The van der Waals surface area contributed by atoms with Gasteiger partial charge in [0.25, 0.3) is 5.91 Å². The van der Waals surface area contributed by atoms with Gasteiger partial charge in [-0.1, -0.05) is 60.8 Å². The van der Waals surface area contributed by atoms with Crippen LogP contribution in [0, 0.1) is 5.41 Å². The molecule has 0 saturated carbocycles. The van der Waals surface area contributed by atoms with Gasteiger partial charge in [-0.25, -0.2) is 0 Å². The van der Waals surface area contributed by atoms with E-state index in [4.69, 9.17) is 14.9 Å². The number of hydrogen-bond acceptors (Lipinski definition) is 7. The third-order valence-corrected chi connectivity index (χ3v) is 6.61. The number of thioether (sulfide) groups is 2. The molecule has 0 saturated heterocycles. The van der Waals surface area contributed by atoms with Gasteiger partial charge in [-0.2, -0.15) is 10.0 Å². The van der Waals surface area contributed by atoms with E-state index in [9.17, 15) is 4.79 Å². The molecule has 0 bridgehead atoms. The van der Waals surface area contributed by atoms with Crippen LogP contribution < -0.4 is 9.47 Å². The monoisotopic (exact) mass is 464 g/mol. The van der Waals surface area contributed by atoms with Crippen LogP contribution >= 0.6 is 23.5 Å². The zero-order valence-corrected chi connectivity index (χ0v) is 18.9. The van der Waals surface area contributed by atoms with Crippen molar-refractivity contribution >= 4 is 50.9 Å². The molecule has 0 spiro atoms. The number of carbonyl (C=O) groups is 1. The van der Waals surface area contributed by atoms with Crippen molar-refractivity contribution in [1.82, 2.24) is 5.01 Å². The van der Waals surface area contributed by atoms with Crippen molar-refractivity contribution in [3.05, 3.63) is 77.9 Å². The van der Waals surface area contributed by atoms with Crippen LogP contribution in [-0.4, -0.2) is 40.0 Å². The van der Waals surface area contributed by atoms with Crippen LogP contribution in [0.25, 0.3) is 6.08 Å². The van der Waals surface area contributed by atoms with Gasteiger partial charge in [0.15, 0.2) is 21.7 Å². The minimum atomic E-state index is -0.468. The van der Waals surface area contributed by atoms with E-state index in [1.165, 1.54) is 22.3 Å². The van der Waals surface area contributed by atoms with E-state index in [0.717, 1.165) is 10.1 Å². The zero-order chi connectivity index (χ0) is 22.5. The van der Waals surface area contributed by atoms with E-state index in [1.54, 1.807) is 49.2 Å². The maximum atomic E-state index is 12.6. The highest BCUT2D eigenvalue weighted by atomic mass is 32.2. The summed E-state index contributed by atoms with van der Waals surface area (Å²) in [6.07, 6.45) is 3.26. The highest BCUT2D eigenvalue weighted by molar-refractivity contribution is 8.45. The van der Waals surface area contributed by atoms with Crippen LogP contribution in [0.3, 0.4) is 0 Å². The number of amides is 1. The van der Waals surface area contributed by atoms with E-state index < -0.39 is 5.91 Å². The number of rotatable bonds is 7. The van der Waals surface area contributed by atoms with E-state index in [2.05, 4.69) is 16.7 Å². The van der Waals surface area contributed by atoms with Gasteiger partial charge in [-0.3, -0.25) is 10.2 Å². The summed E-state index contributed by atoms with van der Waals surface area (Å²) in [4.78, 5) is 16.8. The van der Waals surface area contributed by atoms with E-state index in [1.807, 2.05) is 30.3 Å². The maximum absolute atomic E-state index is 12.6. The number of methoxy groups -OCH3 is 1. The molecule has 32 heavy (non-hydrogen) atoms. The SMILES string of the molecule is C=CCOc1ccc(/C=C2/C(=N)N3N=C(SCc4ccccc4)SC3=NC2=O)cc1OC. The largest absolute Gasteiger partial charge is 0.493 e. The normalized spacial score (nSPS) is 16.5. The number of amidine groups is 2. The summed E-state index contributed by atoms with van der Waals surface area (Å²) in [5.41, 5.74) is 2.03. The Kier molecular flexibility index (Phi) is 6.77. The Morgan fingerprint density at radius 1 is 1.22 bits per heavy atom. The van der Waals surface area contributed by atoms with Crippen LogP contribution in [-0.2, 0) is 10.5 Å². The Balaban J connectivity index is 1.53. The van der Waals surface area contributed by atoms with Gasteiger partial charge in [0.1, 0.15) is 6.61 Å².